The van der Waals surface area contributed by atoms with Gasteiger partial charge in [-0.2, -0.15) is 15.5 Å². The molecule has 2 saturated carbocycles. The summed E-state index contributed by atoms with van der Waals surface area (Å²) < 4.78 is 0. The summed E-state index contributed by atoms with van der Waals surface area (Å²) in [6, 6.07) is 2.29. The van der Waals surface area contributed by atoms with Gasteiger partial charge >= 0.3 is 0 Å². The topological polar surface area (TPSA) is 77.9 Å². The second kappa shape index (κ2) is 5.55. The Bertz CT molecular complexity index is 360. The summed E-state index contributed by atoms with van der Waals surface area (Å²) in [6.07, 6.45) is 9.19. The Morgan fingerprint density at radius 1 is 0.833 bits per heavy atom. The normalized spacial score (nSPS) is 26.6. The van der Waals surface area contributed by atoms with Crippen LogP contribution in [0.2, 0.25) is 0 Å². The van der Waals surface area contributed by atoms with Gasteiger partial charge in [0.1, 0.15) is 0 Å². The molecule has 0 spiro atoms. The van der Waals surface area contributed by atoms with Crippen LogP contribution in [0, 0.1) is 16.2 Å². The minimum atomic E-state index is -0.875. The van der Waals surface area contributed by atoms with Crippen molar-refractivity contribution in [2.24, 2.45) is 15.4 Å². The fourth-order valence-electron chi connectivity index (χ4n) is 2.89. The summed E-state index contributed by atoms with van der Waals surface area (Å²) >= 11 is 0. The van der Waals surface area contributed by atoms with E-state index >= 15 is 0 Å². The molecule has 2 aliphatic carbocycles. The van der Waals surface area contributed by atoms with Crippen molar-refractivity contribution in [3.8, 4) is 6.07 Å². The van der Waals surface area contributed by atoms with Crippen LogP contribution in [0.3, 0.4) is 0 Å². The van der Waals surface area contributed by atoms with Crippen LogP contribution in [0.4, 0.5) is 0 Å². The highest BCUT2D eigenvalue weighted by molar-refractivity contribution is 5.08. The molecule has 0 aromatic carbocycles. The van der Waals surface area contributed by atoms with E-state index in [1.807, 2.05) is 0 Å². The van der Waals surface area contributed by atoms with Crippen LogP contribution in [-0.2, 0) is 0 Å². The molecule has 2 fully saturated rings. The molecule has 5 nitrogen and oxygen atoms in total. The lowest BCUT2D eigenvalue weighted by Gasteiger charge is -2.29. The number of rotatable bonds is 3. The van der Waals surface area contributed by atoms with Crippen molar-refractivity contribution in [3.05, 3.63) is 4.91 Å². The summed E-state index contributed by atoms with van der Waals surface area (Å²) in [5.41, 5.74) is -1.56. The Hall–Kier alpha value is -1.31. The lowest BCUT2D eigenvalue weighted by atomic mass is 9.84. The highest BCUT2D eigenvalue weighted by atomic mass is 16.3. The SMILES string of the molecule is N#CC1(N=NC2(N=O)CCCCC2)CCCCC1. The zero-order valence-electron chi connectivity index (χ0n) is 10.8. The van der Waals surface area contributed by atoms with Crippen molar-refractivity contribution in [1.82, 2.24) is 0 Å². The zero-order chi connectivity index (χ0) is 12.9. The van der Waals surface area contributed by atoms with Gasteiger partial charge in [0.05, 0.1) is 6.07 Å². The van der Waals surface area contributed by atoms with Gasteiger partial charge in [-0.1, -0.05) is 12.8 Å². The number of nitrogens with zero attached hydrogens (tertiary/aromatic N) is 4. The fraction of sp³-hybridized carbons (Fsp3) is 0.923. The molecule has 0 aromatic heterocycles. The number of azo groups is 1. The van der Waals surface area contributed by atoms with Gasteiger partial charge < -0.3 is 0 Å². The predicted octanol–water partition coefficient (Wildman–Crippen LogP) is 4.09. The average Bonchev–Trinajstić information content (AvgIpc) is 2.47. The summed E-state index contributed by atoms with van der Waals surface area (Å²) in [7, 11) is 0. The molecule has 0 bridgehead atoms. The molecule has 2 aliphatic rings. The van der Waals surface area contributed by atoms with E-state index in [9.17, 15) is 10.2 Å². The van der Waals surface area contributed by atoms with Crippen LogP contribution in [0.15, 0.2) is 15.4 Å². The Kier molecular flexibility index (Phi) is 4.05. The van der Waals surface area contributed by atoms with E-state index < -0.39 is 11.2 Å². The fourth-order valence-corrected chi connectivity index (χ4v) is 2.89. The van der Waals surface area contributed by atoms with E-state index in [1.165, 1.54) is 0 Å². The van der Waals surface area contributed by atoms with E-state index in [0.29, 0.717) is 12.8 Å². The third-order valence-electron chi connectivity index (χ3n) is 4.14. The molecular weight excluding hydrogens is 228 g/mol. The van der Waals surface area contributed by atoms with Gasteiger partial charge in [0.15, 0.2) is 5.54 Å². The summed E-state index contributed by atoms with van der Waals surface area (Å²) in [5, 5.41) is 21.0. The van der Waals surface area contributed by atoms with Crippen molar-refractivity contribution in [1.29, 1.82) is 5.26 Å². The first-order valence-corrected chi connectivity index (χ1v) is 6.94. The highest BCUT2D eigenvalue weighted by Crippen LogP contribution is 2.36. The minimum Gasteiger partial charge on any atom is -0.196 e. The van der Waals surface area contributed by atoms with E-state index in [4.69, 9.17) is 0 Å². The second-order valence-electron chi connectivity index (χ2n) is 5.54. The smallest absolute Gasteiger partial charge is 0.196 e. The second-order valence-corrected chi connectivity index (χ2v) is 5.54. The van der Waals surface area contributed by atoms with Gasteiger partial charge in [-0.25, -0.2) is 0 Å². The standard InChI is InChI=1S/C13H20N4O/c14-11-12(7-3-1-4-8-12)15-16-13(17-18)9-5-2-6-10-13/h1-10H2. The predicted molar refractivity (Wildman–Crippen MR) is 67.9 cm³/mol. The van der Waals surface area contributed by atoms with Gasteiger partial charge in [-0.15, -0.1) is 4.91 Å². The first kappa shape index (κ1) is 13.1. The quantitative estimate of drug-likeness (QED) is 0.557. The highest BCUT2D eigenvalue weighted by Gasteiger charge is 2.37. The molecule has 0 radical (unpaired) electrons. The zero-order valence-corrected chi connectivity index (χ0v) is 10.8. The third-order valence-corrected chi connectivity index (χ3v) is 4.14. The van der Waals surface area contributed by atoms with Crippen molar-refractivity contribution >= 4 is 0 Å². The molecular formula is C13H20N4O. The number of nitroso groups, excluding NO2 is 1. The number of nitriles is 1. The van der Waals surface area contributed by atoms with E-state index in [0.717, 1.165) is 51.4 Å². The summed E-state index contributed by atoms with van der Waals surface area (Å²) in [6.45, 7) is 0. The number of hydrogen-bond donors (Lipinski definition) is 0. The molecule has 18 heavy (non-hydrogen) atoms. The Labute approximate surface area is 108 Å². The van der Waals surface area contributed by atoms with Crippen LogP contribution in [-0.4, -0.2) is 11.2 Å². The van der Waals surface area contributed by atoms with Crippen molar-refractivity contribution < 1.29 is 0 Å². The monoisotopic (exact) mass is 248 g/mol. The van der Waals surface area contributed by atoms with Crippen LogP contribution in [0.1, 0.15) is 64.2 Å². The molecule has 0 aliphatic heterocycles. The van der Waals surface area contributed by atoms with E-state index in [-0.39, 0.29) is 0 Å². The molecule has 2 rings (SSSR count). The molecule has 0 atom stereocenters. The summed E-state index contributed by atoms with van der Waals surface area (Å²) in [5.74, 6) is 0. The minimum absolute atomic E-state index is 0.682. The Morgan fingerprint density at radius 3 is 1.89 bits per heavy atom. The number of hydrogen-bond acceptors (Lipinski definition) is 5. The molecule has 0 unspecified atom stereocenters. The molecule has 5 heteroatoms. The van der Waals surface area contributed by atoms with Gasteiger partial charge in [0.25, 0.3) is 0 Å². The van der Waals surface area contributed by atoms with Gasteiger partial charge in [-0.05, 0) is 56.5 Å². The van der Waals surface area contributed by atoms with Gasteiger partial charge in [-0.3, -0.25) is 0 Å². The van der Waals surface area contributed by atoms with Gasteiger partial charge in [0, 0.05) is 0 Å². The van der Waals surface area contributed by atoms with Crippen molar-refractivity contribution in [3.63, 3.8) is 0 Å². The van der Waals surface area contributed by atoms with Crippen molar-refractivity contribution in [2.75, 3.05) is 0 Å². The maximum atomic E-state index is 11.1. The third kappa shape index (κ3) is 2.74. The first-order valence-electron chi connectivity index (χ1n) is 6.94. The summed E-state index contributed by atoms with van der Waals surface area (Å²) in [4.78, 5) is 11.1. The maximum Gasteiger partial charge on any atom is 0.211 e. The molecule has 0 heterocycles. The van der Waals surface area contributed by atoms with Crippen LogP contribution in [0.25, 0.3) is 0 Å². The molecule has 0 N–H and O–H groups in total. The van der Waals surface area contributed by atoms with Crippen molar-refractivity contribution in [2.45, 2.75) is 75.4 Å². The Morgan fingerprint density at radius 2 is 1.39 bits per heavy atom. The van der Waals surface area contributed by atoms with E-state index in [2.05, 4.69) is 21.5 Å². The van der Waals surface area contributed by atoms with Crippen LogP contribution in [0.5, 0.6) is 0 Å². The van der Waals surface area contributed by atoms with E-state index in [1.54, 1.807) is 0 Å². The first-order chi connectivity index (χ1) is 8.74. The maximum absolute atomic E-state index is 11.1. The molecule has 0 aromatic rings. The molecule has 0 amide bonds. The van der Waals surface area contributed by atoms with Gasteiger partial charge in [0.2, 0.25) is 5.66 Å². The average molecular weight is 248 g/mol. The lowest BCUT2D eigenvalue weighted by Crippen LogP contribution is -2.30. The largest absolute Gasteiger partial charge is 0.211 e. The lowest BCUT2D eigenvalue weighted by molar-refractivity contribution is 0.271. The molecule has 98 valence electrons. The van der Waals surface area contributed by atoms with Crippen LogP contribution < -0.4 is 0 Å². The Balaban J connectivity index is 2.11. The molecule has 0 saturated heterocycles. The van der Waals surface area contributed by atoms with Crippen LogP contribution >= 0.6 is 0 Å².